The Bertz CT molecular complexity index is 988. The van der Waals surface area contributed by atoms with Crippen LogP contribution in [0.4, 0.5) is 10.5 Å². The minimum atomic E-state index is -0.719. The van der Waals surface area contributed by atoms with Crippen molar-refractivity contribution in [2.24, 2.45) is 0 Å². The van der Waals surface area contributed by atoms with E-state index in [2.05, 4.69) is 4.98 Å². The summed E-state index contributed by atoms with van der Waals surface area (Å²) in [6.45, 7) is 7.01. The summed E-state index contributed by atoms with van der Waals surface area (Å²) >= 11 is 0. The van der Waals surface area contributed by atoms with E-state index in [-0.39, 0.29) is 25.1 Å². The zero-order valence-electron chi connectivity index (χ0n) is 18.4. The van der Waals surface area contributed by atoms with Gasteiger partial charge in [-0.2, -0.15) is 5.26 Å². The van der Waals surface area contributed by atoms with Crippen LogP contribution in [0.25, 0.3) is 0 Å². The lowest BCUT2D eigenvalue weighted by Gasteiger charge is -2.28. The Morgan fingerprint density at radius 1 is 1.23 bits per heavy atom. The molecule has 1 aromatic heterocycles. The number of carbonyl (C=O) groups excluding carboxylic acids is 2. The van der Waals surface area contributed by atoms with Gasteiger partial charge in [-0.05, 0) is 63.9 Å². The maximum absolute atomic E-state index is 13.0. The number of carbonyl (C=O) groups is 2. The number of ether oxygens (including phenoxy) is 2. The third-order valence-corrected chi connectivity index (χ3v) is 4.49. The molecule has 0 unspecified atom stereocenters. The molecule has 2 aromatic rings. The summed E-state index contributed by atoms with van der Waals surface area (Å²) in [7, 11) is 1.30. The van der Waals surface area contributed by atoms with Crippen molar-refractivity contribution in [2.75, 3.05) is 12.0 Å². The van der Waals surface area contributed by atoms with Crippen LogP contribution < -0.4 is 4.90 Å². The van der Waals surface area contributed by atoms with Gasteiger partial charge in [-0.25, -0.2) is 4.79 Å². The molecule has 1 amide bonds. The molecule has 0 aliphatic heterocycles. The molecule has 0 saturated heterocycles. The Kier molecular flexibility index (Phi) is 7.59. The molecule has 0 bridgehead atoms. The van der Waals surface area contributed by atoms with Crippen LogP contribution >= 0.6 is 0 Å². The van der Waals surface area contributed by atoms with E-state index in [1.807, 2.05) is 6.07 Å². The van der Waals surface area contributed by atoms with E-state index in [0.717, 1.165) is 0 Å². The van der Waals surface area contributed by atoms with E-state index in [0.29, 0.717) is 28.1 Å². The number of esters is 1. The number of aromatic hydroxyl groups is 1. The number of nitrogens with zero attached hydrogens (tertiary/aromatic N) is 3. The number of pyridine rings is 1. The lowest BCUT2D eigenvalue weighted by molar-refractivity contribution is -0.140. The first-order valence-electron chi connectivity index (χ1n) is 9.79. The molecule has 0 aliphatic rings. The summed E-state index contributed by atoms with van der Waals surface area (Å²) in [5.41, 5.74) is 1.77. The first-order valence-corrected chi connectivity index (χ1v) is 9.79. The Balaban J connectivity index is 2.45. The fourth-order valence-electron chi connectivity index (χ4n) is 2.89. The van der Waals surface area contributed by atoms with E-state index >= 15 is 0 Å². The van der Waals surface area contributed by atoms with Crippen molar-refractivity contribution >= 4 is 17.7 Å². The largest absolute Gasteiger partial charge is 0.506 e. The molecule has 1 aromatic carbocycles. The van der Waals surface area contributed by atoms with E-state index in [1.165, 1.54) is 12.0 Å². The summed E-state index contributed by atoms with van der Waals surface area (Å²) in [4.78, 5) is 30.2. The number of aryl methyl sites for hydroxylation is 1. The Morgan fingerprint density at radius 2 is 1.87 bits per heavy atom. The minimum Gasteiger partial charge on any atom is -0.506 e. The lowest BCUT2D eigenvalue weighted by Crippen LogP contribution is -2.36. The van der Waals surface area contributed by atoms with Crippen molar-refractivity contribution in [1.82, 2.24) is 4.98 Å². The third-order valence-electron chi connectivity index (χ3n) is 4.49. The molecule has 0 fully saturated rings. The molecule has 8 heteroatoms. The standard InChI is InChI=1S/C23H27N3O5/c1-15-21(28)19(10-11-20(27)30-5)17(13-25-15)14-26(22(29)31-23(2,3)4)18-8-6-16(12-24)7-9-18/h6-9,13,28H,10-11,14H2,1-5H3. The summed E-state index contributed by atoms with van der Waals surface area (Å²) in [6, 6.07) is 8.56. The van der Waals surface area contributed by atoms with Crippen molar-refractivity contribution in [2.45, 2.75) is 52.7 Å². The van der Waals surface area contributed by atoms with Crippen molar-refractivity contribution in [3.8, 4) is 11.8 Å². The lowest BCUT2D eigenvalue weighted by atomic mass is 10.0. The number of anilines is 1. The van der Waals surface area contributed by atoms with Gasteiger partial charge in [0.2, 0.25) is 0 Å². The molecule has 0 spiro atoms. The van der Waals surface area contributed by atoms with E-state index < -0.39 is 17.7 Å². The summed E-state index contributed by atoms with van der Waals surface area (Å²) in [5.74, 6) is -0.429. The number of nitriles is 1. The normalized spacial score (nSPS) is 10.8. The van der Waals surface area contributed by atoms with Gasteiger partial charge in [0.05, 0.1) is 31.0 Å². The van der Waals surface area contributed by atoms with Crippen LogP contribution in [0.15, 0.2) is 30.5 Å². The van der Waals surface area contributed by atoms with Crippen molar-refractivity contribution < 1.29 is 24.2 Å². The maximum atomic E-state index is 13.0. The van der Waals surface area contributed by atoms with Crippen LogP contribution in [0.2, 0.25) is 0 Å². The minimum absolute atomic E-state index is 0.0228. The summed E-state index contributed by atoms with van der Waals surface area (Å²) in [6.07, 6.45) is 1.29. The number of methoxy groups -OCH3 is 1. The second kappa shape index (κ2) is 9.94. The van der Waals surface area contributed by atoms with Gasteiger partial charge < -0.3 is 14.6 Å². The van der Waals surface area contributed by atoms with Crippen molar-refractivity contribution in [1.29, 1.82) is 5.26 Å². The molecule has 2 rings (SSSR count). The zero-order chi connectivity index (χ0) is 23.2. The fourth-order valence-corrected chi connectivity index (χ4v) is 2.89. The van der Waals surface area contributed by atoms with Gasteiger partial charge in [-0.3, -0.25) is 14.7 Å². The number of hydrogen-bond donors (Lipinski definition) is 1. The number of benzene rings is 1. The van der Waals surface area contributed by atoms with Crippen LogP contribution in [0.3, 0.4) is 0 Å². The van der Waals surface area contributed by atoms with Crippen LogP contribution in [0, 0.1) is 18.3 Å². The highest BCUT2D eigenvalue weighted by molar-refractivity contribution is 5.88. The van der Waals surface area contributed by atoms with Gasteiger partial charge in [-0.15, -0.1) is 0 Å². The summed E-state index contributed by atoms with van der Waals surface area (Å²) in [5, 5.41) is 19.6. The molecule has 0 aliphatic carbocycles. The molecule has 1 N–H and O–H groups in total. The van der Waals surface area contributed by atoms with Crippen molar-refractivity contribution in [3.05, 3.63) is 52.8 Å². The second-order valence-corrected chi connectivity index (χ2v) is 8.00. The van der Waals surface area contributed by atoms with E-state index in [9.17, 15) is 14.7 Å². The molecule has 0 saturated carbocycles. The Labute approximate surface area is 182 Å². The third kappa shape index (κ3) is 6.44. The van der Waals surface area contributed by atoms with E-state index in [4.69, 9.17) is 14.7 Å². The van der Waals surface area contributed by atoms with Gasteiger partial charge in [0, 0.05) is 23.9 Å². The number of hydrogen-bond acceptors (Lipinski definition) is 7. The van der Waals surface area contributed by atoms with Gasteiger partial charge in [0.25, 0.3) is 0 Å². The highest BCUT2D eigenvalue weighted by Gasteiger charge is 2.25. The smallest absolute Gasteiger partial charge is 0.415 e. The molecular weight excluding hydrogens is 398 g/mol. The SMILES string of the molecule is COC(=O)CCc1c(CN(C(=O)OC(C)(C)C)c2ccc(C#N)cc2)cnc(C)c1O. The average molecular weight is 425 g/mol. The molecular formula is C23H27N3O5. The zero-order valence-corrected chi connectivity index (χ0v) is 18.4. The average Bonchev–Trinajstić information content (AvgIpc) is 2.72. The Hall–Kier alpha value is -3.60. The fraction of sp³-hybridized carbons (Fsp3) is 0.391. The van der Waals surface area contributed by atoms with Crippen LogP contribution in [0.1, 0.15) is 49.6 Å². The maximum Gasteiger partial charge on any atom is 0.415 e. The number of amides is 1. The predicted molar refractivity (Wildman–Crippen MR) is 115 cm³/mol. The number of aromatic nitrogens is 1. The summed E-state index contributed by atoms with van der Waals surface area (Å²) < 4.78 is 10.3. The first-order chi connectivity index (χ1) is 14.6. The molecule has 0 atom stereocenters. The molecule has 31 heavy (non-hydrogen) atoms. The molecule has 1 heterocycles. The van der Waals surface area contributed by atoms with Crippen LogP contribution in [0.5, 0.6) is 5.75 Å². The van der Waals surface area contributed by atoms with Gasteiger partial charge >= 0.3 is 12.1 Å². The van der Waals surface area contributed by atoms with Crippen molar-refractivity contribution in [3.63, 3.8) is 0 Å². The predicted octanol–water partition coefficient (Wildman–Crippen LogP) is 4.01. The monoisotopic (exact) mass is 425 g/mol. The van der Waals surface area contributed by atoms with Crippen LogP contribution in [-0.2, 0) is 27.2 Å². The molecule has 8 nitrogen and oxygen atoms in total. The first kappa shape index (κ1) is 23.7. The Morgan fingerprint density at radius 3 is 2.42 bits per heavy atom. The molecule has 164 valence electrons. The second-order valence-electron chi connectivity index (χ2n) is 8.00. The topological polar surface area (TPSA) is 113 Å². The van der Waals surface area contributed by atoms with Gasteiger partial charge in [0.1, 0.15) is 11.4 Å². The van der Waals surface area contributed by atoms with Crippen LogP contribution in [-0.4, -0.2) is 34.9 Å². The highest BCUT2D eigenvalue weighted by atomic mass is 16.6. The molecule has 0 radical (unpaired) electrons. The van der Waals surface area contributed by atoms with Gasteiger partial charge in [-0.1, -0.05) is 0 Å². The van der Waals surface area contributed by atoms with Gasteiger partial charge in [0.15, 0.2) is 0 Å². The van der Waals surface area contributed by atoms with E-state index in [1.54, 1.807) is 58.2 Å². The quantitative estimate of drug-likeness (QED) is 0.696. The highest BCUT2D eigenvalue weighted by Crippen LogP contribution is 2.29. The number of rotatable bonds is 6.